The number of nitrogens with zero attached hydrogens (tertiary/aromatic N) is 4. The molecule has 0 atom stereocenters. The van der Waals surface area contributed by atoms with E-state index in [9.17, 15) is 4.79 Å². The number of rotatable bonds is 10. The van der Waals surface area contributed by atoms with Crippen molar-refractivity contribution in [2.24, 2.45) is 15.8 Å². The Bertz CT molecular complexity index is 1970. The number of carbonyl (C=O) groups excluding carboxylic acids is 1. The number of amides is 1. The minimum absolute atomic E-state index is 0.0223. The lowest BCUT2D eigenvalue weighted by Gasteiger charge is -2.54. The summed E-state index contributed by atoms with van der Waals surface area (Å²) in [7, 11) is -1.31. The number of hydrogen-bond donors (Lipinski definition) is 1. The minimum atomic E-state index is -1.31. The van der Waals surface area contributed by atoms with Gasteiger partial charge in [-0.1, -0.05) is 31.8 Å². The van der Waals surface area contributed by atoms with Crippen molar-refractivity contribution in [3.63, 3.8) is 0 Å². The molecule has 3 fully saturated rings. The second-order valence-corrected chi connectivity index (χ2v) is 21.1. The minimum Gasteiger partial charge on any atom is -0.464 e. The normalized spacial score (nSPS) is 18.8. The largest absolute Gasteiger partial charge is 0.464 e. The first-order valence-electron chi connectivity index (χ1n) is 17.2. The summed E-state index contributed by atoms with van der Waals surface area (Å²) in [6, 6.07) is 12.4. The predicted octanol–water partition coefficient (Wildman–Crippen LogP) is 6.37. The van der Waals surface area contributed by atoms with E-state index in [-0.39, 0.29) is 40.9 Å². The van der Waals surface area contributed by atoms with Crippen molar-refractivity contribution in [2.45, 2.75) is 32.4 Å². The van der Waals surface area contributed by atoms with Gasteiger partial charge in [-0.25, -0.2) is 18.8 Å². The average Bonchev–Trinajstić information content (AvgIpc) is 3.42. The Hall–Kier alpha value is -4.37. The van der Waals surface area contributed by atoms with Crippen LogP contribution in [-0.4, -0.2) is 93.7 Å². The van der Waals surface area contributed by atoms with E-state index in [1.165, 1.54) is 0 Å². The molecule has 1 amide bonds. The topological polar surface area (TPSA) is 109 Å². The van der Waals surface area contributed by atoms with Crippen LogP contribution in [0.15, 0.2) is 59.9 Å². The van der Waals surface area contributed by atoms with Crippen LogP contribution in [-0.2, 0) is 25.7 Å². The first kappa shape index (κ1) is 33.8. The summed E-state index contributed by atoms with van der Waals surface area (Å²) < 4.78 is 61.5. The van der Waals surface area contributed by atoms with Crippen LogP contribution in [0.2, 0.25) is 25.7 Å². The Morgan fingerprint density at radius 3 is 2.29 bits per heavy atom. The SMILES string of the molecule is C[Si](C)(C)CCOCn1cc(-c2ccc(C(=O)N3CC4(COC4)C3)cc2)c2c(Oc3c(F)cc(NC4=NCC5(COC5)CO4)cc3F)ccnc21. The van der Waals surface area contributed by atoms with E-state index in [1.54, 1.807) is 24.4 Å². The molecule has 0 radical (unpaired) electrons. The molecule has 11 nitrogen and oxygen atoms in total. The summed E-state index contributed by atoms with van der Waals surface area (Å²) >= 11 is 0. The molecule has 8 rings (SSSR count). The lowest BCUT2D eigenvalue weighted by molar-refractivity contribution is -0.176. The molecule has 1 N–H and O–H groups in total. The van der Waals surface area contributed by atoms with Crippen LogP contribution in [0.4, 0.5) is 14.5 Å². The molecule has 2 aromatic carbocycles. The van der Waals surface area contributed by atoms with Crippen molar-refractivity contribution in [3.05, 3.63) is 72.1 Å². The van der Waals surface area contributed by atoms with Crippen molar-refractivity contribution >= 4 is 36.7 Å². The predicted molar refractivity (Wildman–Crippen MR) is 190 cm³/mol. The van der Waals surface area contributed by atoms with Gasteiger partial charge in [0, 0.05) is 69.1 Å². The summed E-state index contributed by atoms with van der Waals surface area (Å²) in [5.74, 6) is -2.16. The quantitative estimate of drug-likeness (QED) is 0.149. The number of ether oxygens (including phenoxy) is 5. The Morgan fingerprint density at radius 2 is 1.69 bits per heavy atom. The highest BCUT2D eigenvalue weighted by molar-refractivity contribution is 6.76. The smallest absolute Gasteiger partial charge is 0.289 e. The summed E-state index contributed by atoms with van der Waals surface area (Å²) in [6.45, 7) is 12.6. The Labute approximate surface area is 295 Å². The van der Waals surface area contributed by atoms with E-state index in [0.29, 0.717) is 75.9 Å². The van der Waals surface area contributed by atoms with Gasteiger partial charge in [0.1, 0.15) is 24.7 Å². The molecule has 2 spiro atoms. The summed E-state index contributed by atoms with van der Waals surface area (Å²) in [5, 5.41) is 3.42. The number of pyridine rings is 1. The van der Waals surface area contributed by atoms with Gasteiger partial charge >= 0.3 is 0 Å². The number of hydrogen-bond acceptors (Lipinski definition) is 9. The fourth-order valence-corrected chi connectivity index (χ4v) is 7.50. The summed E-state index contributed by atoms with van der Waals surface area (Å²) in [4.78, 5) is 24.0. The van der Waals surface area contributed by atoms with Gasteiger partial charge in [-0.05, 0) is 29.8 Å². The van der Waals surface area contributed by atoms with Crippen LogP contribution in [0.1, 0.15) is 10.4 Å². The number of benzene rings is 2. The van der Waals surface area contributed by atoms with Crippen LogP contribution >= 0.6 is 0 Å². The summed E-state index contributed by atoms with van der Waals surface area (Å²) in [5.41, 5.74) is 2.77. The van der Waals surface area contributed by atoms with E-state index in [0.717, 1.165) is 29.3 Å². The van der Waals surface area contributed by atoms with Crippen LogP contribution in [0.3, 0.4) is 0 Å². The van der Waals surface area contributed by atoms with Gasteiger partial charge in [-0.15, -0.1) is 0 Å². The van der Waals surface area contributed by atoms with Gasteiger partial charge in [-0.2, -0.15) is 0 Å². The van der Waals surface area contributed by atoms with Gasteiger partial charge in [0.15, 0.2) is 17.4 Å². The van der Waals surface area contributed by atoms with E-state index >= 15 is 8.78 Å². The zero-order valence-corrected chi connectivity index (χ0v) is 30.0. The highest BCUT2D eigenvalue weighted by Crippen LogP contribution is 2.41. The maximum absolute atomic E-state index is 15.6. The van der Waals surface area contributed by atoms with Gasteiger partial charge in [-0.3, -0.25) is 4.79 Å². The first-order chi connectivity index (χ1) is 24.5. The number of halogens is 2. The van der Waals surface area contributed by atoms with E-state index < -0.39 is 25.5 Å². The van der Waals surface area contributed by atoms with E-state index in [2.05, 4.69) is 34.9 Å². The van der Waals surface area contributed by atoms with Crippen molar-refractivity contribution < 1.29 is 37.3 Å². The third kappa shape index (κ3) is 6.73. The number of nitrogens with one attached hydrogen (secondary N) is 1. The second kappa shape index (κ2) is 13.0. The first-order valence-corrected chi connectivity index (χ1v) is 20.9. The van der Waals surface area contributed by atoms with Gasteiger partial charge in [0.2, 0.25) is 0 Å². The van der Waals surface area contributed by atoms with Crippen LogP contribution in [0, 0.1) is 22.5 Å². The molecule has 4 aromatic rings. The highest BCUT2D eigenvalue weighted by Gasteiger charge is 2.50. The number of fused-ring (bicyclic) bond motifs is 1. The van der Waals surface area contributed by atoms with Crippen LogP contribution in [0.25, 0.3) is 22.2 Å². The van der Waals surface area contributed by atoms with Gasteiger partial charge in [0.25, 0.3) is 11.9 Å². The Kier molecular flexibility index (Phi) is 8.60. The zero-order valence-electron chi connectivity index (χ0n) is 29.0. The molecule has 0 saturated carbocycles. The molecule has 51 heavy (non-hydrogen) atoms. The molecular formula is C37H41F2N5O6Si. The van der Waals surface area contributed by atoms with E-state index in [4.69, 9.17) is 23.7 Å². The fraction of sp³-hybridized carbons (Fsp3) is 0.432. The number of anilines is 1. The van der Waals surface area contributed by atoms with Gasteiger partial charge in [0.05, 0.1) is 49.2 Å². The molecule has 14 heteroatoms. The lowest BCUT2D eigenvalue weighted by Crippen LogP contribution is -2.67. The monoisotopic (exact) mass is 717 g/mol. The molecule has 0 unspecified atom stereocenters. The molecule has 3 saturated heterocycles. The number of amidine groups is 1. The highest BCUT2D eigenvalue weighted by atomic mass is 28.3. The van der Waals surface area contributed by atoms with E-state index in [1.807, 2.05) is 27.8 Å². The number of likely N-dealkylation sites (tertiary alicyclic amines) is 1. The van der Waals surface area contributed by atoms with Crippen molar-refractivity contribution in [1.82, 2.24) is 14.5 Å². The van der Waals surface area contributed by atoms with Crippen molar-refractivity contribution in [2.75, 3.05) is 64.6 Å². The summed E-state index contributed by atoms with van der Waals surface area (Å²) in [6.07, 6.45) is 3.44. The van der Waals surface area contributed by atoms with Crippen molar-refractivity contribution in [3.8, 4) is 22.6 Å². The third-order valence-corrected chi connectivity index (χ3v) is 11.6. The second-order valence-electron chi connectivity index (χ2n) is 15.5. The zero-order chi connectivity index (χ0) is 35.4. The molecule has 2 aromatic heterocycles. The number of carbonyl (C=O) groups is 1. The Morgan fingerprint density at radius 1 is 0.980 bits per heavy atom. The number of aliphatic imine (C=N–C) groups is 1. The fourth-order valence-electron chi connectivity index (χ4n) is 6.74. The van der Waals surface area contributed by atoms with Crippen LogP contribution in [0.5, 0.6) is 11.5 Å². The maximum atomic E-state index is 15.6. The third-order valence-electron chi connectivity index (χ3n) is 9.90. The molecular weight excluding hydrogens is 677 g/mol. The van der Waals surface area contributed by atoms with Crippen molar-refractivity contribution in [1.29, 1.82) is 0 Å². The number of aromatic nitrogens is 2. The standard InChI is InChI=1S/C37H41F2N5O6Si/c1-51(2,3)11-10-46-23-43-14-27(24-4-6-25(7-5-24)34(45)44-16-37(17-44)20-48-21-37)31-30(8-9-40-33(31)43)50-32-28(38)12-26(13-29(32)39)42-35-41-15-36(22-49-35)18-47-19-36/h4-9,12-14H,10-11,15-23H2,1-3H3,(H,41,42). The molecule has 268 valence electrons. The average molecular weight is 718 g/mol. The lowest BCUT2D eigenvalue weighted by atomic mass is 9.78. The molecule has 6 heterocycles. The molecule has 0 bridgehead atoms. The molecule has 0 aliphatic carbocycles. The van der Waals surface area contributed by atoms with Crippen LogP contribution < -0.4 is 10.1 Å². The molecule has 4 aliphatic rings. The molecule has 4 aliphatic heterocycles. The maximum Gasteiger partial charge on any atom is 0.289 e. The van der Waals surface area contributed by atoms with Gasteiger partial charge < -0.3 is 38.5 Å². The Balaban J connectivity index is 1.07.